The molecule has 4 heterocycles. The number of benzene rings is 4. The topological polar surface area (TPSA) is 94.7 Å². The predicted octanol–water partition coefficient (Wildman–Crippen LogP) is 6.72. The van der Waals surface area contributed by atoms with Gasteiger partial charge in [0.05, 0.1) is 43.0 Å². The van der Waals surface area contributed by atoms with Crippen LogP contribution in [-0.4, -0.2) is 42.5 Å². The summed E-state index contributed by atoms with van der Waals surface area (Å²) in [5, 5.41) is 8.55. The Balaban J connectivity index is 1.39. The number of rotatable bonds is 5. The Labute approximate surface area is 253 Å². The molecule has 5 aromatic rings. The number of nitrogens with zero attached hydrogens (tertiary/aromatic N) is 5. The number of aliphatic imine (C=N–C) groups is 2. The number of aromatic nitrogens is 2. The van der Waals surface area contributed by atoms with Gasteiger partial charge in [-0.1, -0.05) is 42.5 Å². The molecule has 44 heavy (non-hydrogen) atoms. The average Bonchev–Trinajstić information content (AvgIpc) is 3.67. The van der Waals surface area contributed by atoms with E-state index in [0.717, 1.165) is 45.4 Å². The molecular formula is C34H28N6O4. The first kappa shape index (κ1) is 25.9. The standard InChI is InChI=1S/C34H28N6O4/c1-20-29-30(23-12-9-15-27(41-2)31(23)42-3)39-25-14-8-7-13-24(25)36-32(35-21-16-17-26-28(18-21)44-19-43-26)34(39)37-33(29)40(38-20)22-10-5-4-6-11-22/h4-18,30H,19H2,1-3H3,(H,35,36)/t30-/m0/s1. The van der Waals surface area contributed by atoms with Gasteiger partial charge in [-0.3, -0.25) is 0 Å². The zero-order chi connectivity index (χ0) is 29.8. The average molecular weight is 585 g/mol. The molecule has 0 saturated carbocycles. The Bertz CT molecular complexity index is 1980. The van der Waals surface area contributed by atoms with Crippen LogP contribution in [0.2, 0.25) is 0 Å². The van der Waals surface area contributed by atoms with E-state index in [1.165, 1.54) is 0 Å². The number of aryl methyl sites for hydroxylation is 1. The summed E-state index contributed by atoms with van der Waals surface area (Å²) in [4.78, 5) is 12.6. The number of amidine groups is 2. The maximum absolute atomic E-state index is 6.01. The molecule has 0 fully saturated rings. The lowest BCUT2D eigenvalue weighted by Gasteiger charge is -2.41. The van der Waals surface area contributed by atoms with Crippen LogP contribution < -0.4 is 29.2 Å². The highest BCUT2D eigenvalue weighted by Crippen LogP contribution is 2.51. The second-order valence-corrected chi connectivity index (χ2v) is 10.5. The Kier molecular flexibility index (Phi) is 6.00. The SMILES string of the molecule is COc1cccc([C@H]2c3c(C)nn(-c4ccccc4)c3N=C3C(Nc4ccc5c(c4)OCO5)=Nc4ccccc4N32)c1OC. The van der Waals surface area contributed by atoms with Gasteiger partial charge in [0.25, 0.3) is 0 Å². The van der Waals surface area contributed by atoms with E-state index in [0.29, 0.717) is 34.7 Å². The summed E-state index contributed by atoms with van der Waals surface area (Å²) >= 11 is 0. The smallest absolute Gasteiger partial charge is 0.231 e. The van der Waals surface area contributed by atoms with Crippen molar-refractivity contribution in [3.05, 3.63) is 108 Å². The molecule has 218 valence electrons. The van der Waals surface area contributed by atoms with Gasteiger partial charge >= 0.3 is 0 Å². The first-order valence-electron chi connectivity index (χ1n) is 14.2. The van der Waals surface area contributed by atoms with E-state index in [4.69, 9.17) is 34.0 Å². The first-order chi connectivity index (χ1) is 21.6. The van der Waals surface area contributed by atoms with Crippen molar-refractivity contribution < 1.29 is 18.9 Å². The van der Waals surface area contributed by atoms with E-state index in [1.807, 2.05) is 90.5 Å². The number of para-hydroxylation sites is 4. The number of nitrogens with one attached hydrogen (secondary N) is 1. The maximum Gasteiger partial charge on any atom is 0.231 e. The molecule has 0 amide bonds. The van der Waals surface area contributed by atoms with Crippen molar-refractivity contribution in [3.8, 4) is 28.7 Å². The minimum atomic E-state index is -0.370. The number of hydrogen-bond acceptors (Lipinski definition) is 9. The minimum Gasteiger partial charge on any atom is -0.493 e. The van der Waals surface area contributed by atoms with Crippen molar-refractivity contribution in [3.63, 3.8) is 0 Å². The number of methoxy groups -OCH3 is 2. The monoisotopic (exact) mass is 584 g/mol. The molecule has 0 radical (unpaired) electrons. The summed E-state index contributed by atoms with van der Waals surface area (Å²) in [6, 6.07) is 29.4. The normalized spacial score (nSPS) is 15.9. The molecule has 3 aliphatic rings. The minimum absolute atomic E-state index is 0.198. The van der Waals surface area contributed by atoms with Crippen molar-refractivity contribution in [2.45, 2.75) is 13.0 Å². The van der Waals surface area contributed by atoms with Crippen LogP contribution in [0.15, 0.2) is 101 Å². The largest absolute Gasteiger partial charge is 0.493 e. The van der Waals surface area contributed by atoms with Crippen LogP contribution in [0.25, 0.3) is 5.69 Å². The fourth-order valence-electron chi connectivity index (χ4n) is 6.08. The summed E-state index contributed by atoms with van der Waals surface area (Å²) in [5.74, 6) is 4.60. The Morgan fingerprint density at radius 2 is 1.66 bits per heavy atom. The molecule has 3 aliphatic heterocycles. The van der Waals surface area contributed by atoms with Gasteiger partial charge in [0.2, 0.25) is 6.79 Å². The van der Waals surface area contributed by atoms with Gasteiger partial charge < -0.3 is 29.2 Å². The Hall–Kier alpha value is -5.77. The maximum atomic E-state index is 6.01. The van der Waals surface area contributed by atoms with Crippen LogP contribution >= 0.6 is 0 Å². The summed E-state index contributed by atoms with van der Waals surface area (Å²) in [7, 11) is 3.31. The van der Waals surface area contributed by atoms with Gasteiger partial charge in [0.15, 0.2) is 40.5 Å². The van der Waals surface area contributed by atoms with Crippen LogP contribution in [0.3, 0.4) is 0 Å². The van der Waals surface area contributed by atoms with E-state index < -0.39 is 0 Å². The van der Waals surface area contributed by atoms with Crippen LogP contribution in [0, 0.1) is 6.92 Å². The summed E-state index contributed by atoms with van der Waals surface area (Å²) < 4.78 is 24.8. The fourth-order valence-corrected chi connectivity index (χ4v) is 6.08. The number of hydrogen-bond donors (Lipinski definition) is 1. The van der Waals surface area contributed by atoms with Crippen molar-refractivity contribution in [1.29, 1.82) is 0 Å². The molecule has 1 N–H and O–H groups in total. The number of anilines is 2. The molecule has 0 saturated heterocycles. The zero-order valence-electron chi connectivity index (χ0n) is 24.3. The zero-order valence-corrected chi connectivity index (χ0v) is 24.3. The van der Waals surface area contributed by atoms with E-state index in [-0.39, 0.29) is 12.8 Å². The van der Waals surface area contributed by atoms with Crippen LogP contribution in [-0.2, 0) is 0 Å². The van der Waals surface area contributed by atoms with Gasteiger partial charge in [-0.15, -0.1) is 0 Å². The second-order valence-electron chi connectivity index (χ2n) is 10.5. The third-order valence-electron chi connectivity index (χ3n) is 8.00. The van der Waals surface area contributed by atoms with E-state index >= 15 is 0 Å². The Morgan fingerprint density at radius 1 is 0.841 bits per heavy atom. The van der Waals surface area contributed by atoms with Gasteiger partial charge in [0, 0.05) is 22.9 Å². The van der Waals surface area contributed by atoms with Crippen LogP contribution in [0.4, 0.5) is 22.9 Å². The van der Waals surface area contributed by atoms with E-state index in [2.05, 4.69) is 22.3 Å². The van der Waals surface area contributed by atoms with Gasteiger partial charge in [-0.2, -0.15) is 5.10 Å². The third kappa shape index (κ3) is 3.98. The predicted molar refractivity (Wildman–Crippen MR) is 169 cm³/mol. The van der Waals surface area contributed by atoms with E-state index in [9.17, 15) is 0 Å². The lowest BCUT2D eigenvalue weighted by Crippen LogP contribution is -2.46. The molecule has 0 unspecified atom stereocenters. The van der Waals surface area contributed by atoms with Crippen LogP contribution in [0.1, 0.15) is 22.9 Å². The molecular weight excluding hydrogens is 556 g/mol. The van der Waals surface area contributed by atoms with Crippen LogP contribution in [0.5, 0.6) is 23.0 Å². The summed E-state index contributed by atoms with van der Waals surface area (Å²) in [6.45, 7) is 2.22. The van der Waals surface area contributed by atoms with Crippen molar-refractivity contribution in [2.24, 2.45) is 9.98 Å². The molecule has 1 aromatic heterocycles. The quantitative estimate of drug-likeness (QED) is 0.245. The molecule has 0 bridgehead atoms. The van der Waals surface area contributed by atoms with Crippen molar-refractivity contribution >= 4 is 34.6 Å². The highest BCUT2D eigenvalue weighted by molar-refractivity contribution is 6.51. The molecule has 1 atom stereocenters. The second kappa shape index (κ2) is 10.2. The molecule has 0 spiro atoms. The summed E-state index contributed by atoms with van der Waals surface area (Å²) in [6.07, 6.45) is 0. The van der Waals surface area contributed by atoms with Crippen molar-refractivity contribution in [1.82, 2.24) is 9.78 Å². The molecule has 8 rings (SSSR count). The highest BCUT2D eigenvalue weighted by Gasteiger charge is 2.43. The molecule has 0 aliphatic carbocycles. The molecule has 10 heteroatoms. The molecule has 10 nitrogen and oxygen atoms in total. The highest BCUT2D eigenvalue weighted by atomic mass is 16.7. The van der Waals surface area contributed by atoms with Crippen molar-refractivity contribution in [2.75, 3.05) is 31.2 Å². The molecule has 4 aromatic carbocycles. The van der Waals surface area contributed by atoms with Gasteiger partial charge in [-0.05, 0) is 49.4 Å². The fraction of sp³-hybridized carbons (Fsp3) is 0.147. The third-order valence-corrected chi connectivity index (χ3v) is 8.00. The van der Waals surface area contributed by atoms with Gasteiger partial charge in [-0.25, -0.2) is 14.7 Å². The van der Waals surface area contributed by atoms with E-state index in [1.54, 1.807) is 14.2 Å². The lowest BCUT2D eigenvalue weighted by molar-refractivity contribution is 0.174. The van der Waals surface area contributed by atoms with Gasteiger partial charge in [0.1, 0.15) is 0 Å². The first-order valence-corrected chi connectivity index (χ1v) is 14.2. The number of ether oxygens (including phenoxy) is 4. The Morgan fingerprint density at radius 3 is 2.50 bits per heavy atom. The summed E-state index contributed by atoms with van der Waals surface area (Å²) in [5.41, 5.74) is 6.15. The lowest BCUT2D eigenvalue weighted by atomic mass is 9.92. The number of fused-ring (bicyclic) bond motifs is 5.